The van der Waals surface area contributed by atoms with Gasteiger partial charge in [0.2, 0.25) is 5.91 Å². The number of alkyl halides is 6. The summed E-state index contributed by atoms with van der Waals surface area (Å²) in [5.74, 6) is -0.577. The molecule has 0 aliphatic carbocycles. The Morgan fingerprint density at radius 1 is 1.12 bits per heavy atom. The van der Waals surface area contributed by atoms with Crippen LogP contribution in [-0.2, 0) is 9.53 Å². The van der Waals surface area contributed by atoms with Crippen molar-refractivity contribution in [2.45, 2.75) is 69.3 Å². The number of hydrogen-bond donors (Lipinski definition) is 1. The number of aliphatic imine (C=N–C) groups is 1. The number of likely N-dealkylation sites (tertiary alicyclic amines) is 1. The van der Waals surface area contributed by atoms with Crippen molar-refractivity contribution >= 4 is 18.3 Å². The molecule has 4 aliphatic rings. The van der Waals surface area contributed by atoms with E-state index in [1.807, 2.05) is 13.8 Å². The van der Waals surface area contributed by atoms with Gasteiger partial charge >= 0.3 is 12.4 Å². The van der Waals surface area contributed by atoms with Crippen molar-refractivity contribution in [3.05, 3.63) is 0 Å². The van der Waals surface area contributed by atoms with Gasteiger partial charge in [-0.3, -0.25) is 14.8 Å². The second-order valence-corrected chi connectivity index (χ2v) is 9.78. The van der Waals surface area contributed by atoms with Gasteiger partial charge < -0.3 is 15.0 Å². The van der Waals surface area contributed by atoms with Crippen molar-refractivity contribution in [1.82, 2.24) is 15.2 Å². The van der Waals surface area contributed by atoms with E-state index in [1.54, 1.807) is 11.1 Å². The van der Waals surface area contributed by atoms with Crippen molar-refractivity contribution in [3.8, 4) is 0 Å². The largest absolute Gasteiger partial charge is 0.411 e. The standard InChI is InChI=1S/C21H29F6N5O2/c1-11-3-16(13-4-15(7-28-5-13)34-10-21(25,26)27)30-18-12(2)32(19(33)17(11)18)14-6-29-31(8-14)9-20(22,23)24/h5-6,11-18,30H,3-4,7-10H2,1-2H3/t11?,12-,13?,14?,15?,16?,17?,18?/m0/s1. The van der Waals surface area contributed by atoms with Gasteiger partial charge in [-0.25, -0.2) is 0 Å². The molecule has 1 N–H and O–H groups in total. The molecule has 7 nitrogen and oxygen atoms in total. The monoisotopic (exact) mass is 497 g/mol. The van der Waals surface area contributed by atoms with E-state index in [0.717, 1.165) is 5.01 Å². The lowest BCUT2D eigenvalue weighted by Gasteiger charge is -2.42. The van der Waals surface area contributed by atoms with Crippen LogP contribution in [0.4, 0.5) is 26.3 Å². The molecule has 0 aromatic rings. The minimum Gasteiger partial charge on any atom is -0.367 e. The van der Waals surface area contributed by atoms with Crippen molar-refractivity contribution in [2.24, 2.45) is 27.8 Å². The van der Waals surface area contributed by atoms with Crippen LogP contribution in [0, 0.1) is 17.8 Å². The Morgan fingerprint density at radius 2 is 1.85 bits per heavy atom. The van der Waals surface area contributed by atoms with E-state index in [4.69, 9.17) is 4.74 Å². The van der Waals surface area contributed by atoms with E-state index in [1.165, 1.54) is 6.21 Å². The molecular formula is C21H29F6N5O2. The number of carbonyl (C=O) groups excluding carboxylic acids is 1. The Kier molecular flexibility index (Phi) is 6.89. The Labute approximate surface area is 193 Å². The number of fused-ring (bicyclic) bond motifs is 1. The fourth-order valence-corrected chi connectivity index (χ4v) is 5.77. The molecular weight excluding hydrogens is 468 g/mol. The molecule has 0 radical (unpaired) electrons. The minimum atomic E-state index is -4.40. The lowest BCUT2D eigenvalue weighted by molar-refractivity contribution is -0.185. The van der Waals surface area contributed by atoms with Gasteiger partial charge in [0, 0.05) is 36.5 Å². The molecule has 0 bridgehead atoms. The van der Waals surface area contributed by atoms with Gasteiger partial charge in [-0.05, 0) is 25.7 Å². The van der Waals surface area contributed by atoms with Gasteiger partial charge in [0.25, 0.3) is 0 Å². The molecule has 4 aliphatic heterocycles. The maximum absolute atomic E-state index is 13.3. The minimum absolute atomic E-state index is 0.00862. The van der Waals surface area contributed by atoms with Crippen LogP contribution >= 0.6 is 0 Å². The first-order valence-corrected chi connectivity index (χ1v) is 11.4. The zero-order valence-electron chi connectivity index (χ0n) is 18.9. The molecule has 4 heterocycles. The average Bonchev–Trinajstić information content (AvgIpc) is 3.27. The van der Waals surface area contributed by atoms with E-state index in [9.17, 15) is 31.1 Å². The SMILES string of the molecule is CC1CC(C2C=NCC(OCC(F)(F)F)C2)NC2C1C(=O)N(C1C=NN(CC(F)(F)F)C1)[C@H]2C. The third-order valence-electron chi connectivity index (χ3n) is 7.19. The number of nitrogens with one attached hydrogen (secondary N) is 1. The van der Waals surface area contributed by atoms with Crippen molar-refractivity contribution in [1.29, 1.82) is 0 Å². The summed E-state index contributed by atoms with van der Waals surface area (Å²) >= 11 is 0. The summed E-state index contributed by atoms with van der Waals surface area (Å²) in [5.41, 5.74) is 0. The molecule has 34 heavy (non-hydrogen) atoms. The molecule has 4 rings (SSSR count). The van der Waals surface area contributed by atoms with E-state index in [0.29, 0.717) is 12.8 Å². The number of nitrogens with zero attached hydrogens (tertiary/aromatic N) is 4. The quantitative estimate of drug-likeness (QED) is 0.593. The van der Waals surface area contributed by atoms with Crippen LogP contribution in [0.25, 0.3) is 0 Å². The maximum atomic E-state index is 13.3. The fourth-order valence-electron chi connectivity index (χ4n) is 5.77. The van der Waals surface area contributed by atoms with E-state index in [2.05, 4.69) is 15.4 Å². The molecule has 2 saturated heterocycles. The van der Waals surface area contributed by atoms with Gasteiger partial charge in [0.15, 0.2) is 0 Å². The highest BCUT2D eigenvalue weighted by Gasteiger charge is 2.54. The van der Waals surface area contributed by atoms with Gasteiger partial charge in [0.05, 0.1) is 31.2 Å². The Hall–Kier alpha value is -1.89. The van der Waals surface area contributed by atoms with Crippen LogP contribution in [0.5, 0.6) is 0 Å². The molecule has 2 fully saturated rings. The maximum Gasteiger partial charge on any atom is 0.411 e. The zero-order chi connectivity index (χ0) is 24.8. The van der Waals surface area contributed by atoms with Gasteiger partial charge in [-0.2, -0.15) is 31.4 Å². The first-order chi connectivity index (χ1) is 15.8. The van der Waals surface area contributed by atoms with E-state index < -0.39 is 37.7 Å². The smallest absolute Gasteiger partial charge is 0.367 e. The summed E-state index contributed by atoms with van der Waals surface area (Å²) in [6, 6.07) is -1.13. The summed E-state index contributed by atoms with van der Waals surface area (Å²) in [6.45, 7) is 1.52. The van der Waals surface area contributed by atoms with Crippen LogP contribution < -0.4 is 5.32 Å². The number of hydrogen-bond acceptors (Lipinski definition) is 6. The molecule has 0 aromatic carbocycles. The summed E-state index contributed by atoms with van der Waals surface area (Å²) < 4.78 is 80.8. The van der Waals surface area contributed by atoms with Crippen LogP contribution in [0.2, 0.25) is 0 Å². The molecule has 8 atom stereocenters. The average molecular weight is 497 g/mol. The Balaban J connectivity index is 1.40. The van der Waals surface area contributed by atoms with Crippen LogP contribution in [0.3, 0.4) is 0 Å². The summed E-state index contributed by atoms with van der Waals surface area (Å²) in [6.07, 6.45) is -5.22. The highest BCUT2D eigenvalue weighted by molar-refractivity contribution is 5.87. The number of ether oxygens (including phenoxy) is 1. The third-order valence-corrected chi connectivity index (χ3v) is 7.19. The van der Waals surface area contributed by atoms with E-state index in [-0.39, 0.29) is 54.9 Å². The normalized spacial score (nSPS) is 38.6. The summed E-state index contributed by atoms with van der Waals surface area (Å²) in [4.78, 5) is 19.1. The molecule has 192 valence electrons. The Bertz CT molecular complexity index is 818. The molecule has 1 amide bonds. The second kappa shape index (κ2) is 9.29. The molecule has 13 heteroatoms. The molecule has 0 aromatic heterocycles. The van der Waals surface area contributed by atoms with Crippen molar-refractivity contribution in [3.63, 3.8) is 0 Å². The predicted molar refractivity (Wildman–Crippen MR) is 111 cm³/mol. The van der Waals surface area contributed by atoms with E-state index >= 15 is 0 Å². The molecule has 0 saturated carbocycles. The first-order valence-electron chi connectivity index (χ1n) is 11.4. The summed E-state index contributed by atoms with van der Waals surface area (Å²) in [7, 11) is 0. The first kappa shape index (κ1) is 25.2. The lowest BCUT2D eigenvalue weighted by atomic mass is 9.75. The number of piperidine rings is 1. The summed E-state index contributed by atoms with van der Waals surface area (Å²) in [5, 5.41) is 8.29. The Morgan fingerprint density at radius 3 is 2.53 bits per heavy atom. The van der Waals surface area contributed by atoms with Gasteiger partial charge in [-0.1, -0.05) is 6.92 Å². The third kappa shape index (κ3) is 5.50. The van der Waals surface area contributed by atoms with Crippen LogP contribution in [0.15, 0.2) is 10.1 Å². The number of rotatable bonds is 5. The lowest BCUT2D eigenvalue weighted by Crippen LogP contribution is -2.57. The van der Waals surface area contributed by atoms with Crippen molar-refractivity contribution in [2.75, 3.05) is 26.2 Å². The van der Waals surface area contributed by atoms with Crippen LogP contribution in [0.1, 0.15) is 26.7 Å². The zero-order valence-corrected chi connectivity index (χ0v) is 18.9. The predicted octanol–water partition coefficient (Wildman–Crippen LogP) is 2.47. The van der Waals surface area contributed by atoms with Gasteiger partial charge in [0.1, 0.15) is 13.2 Å². The van der Waals surface area contributed by atoms with Gasteiger partial charge in [-0.15, -0.1) is 0 Å². The number of halogens is 6. The van der Waals surface area contributed by atoms with Crippen LogP contribution in [-0.4, -0.2) is 97.1 Å². The topological polar surface area (TPSA) is 69.5 Å². The number of carbonyl (C=O) groups is 1. The number of amides is 1. The number of hydrazone groups is 1. The van der Waals surface area contributed by atoms with Crippen molar-refractivity contribution < 1.29 is 35.9 Å². The highest BCUT2D eigenvalue weighted by Crippen LogP contribution is 2.40. The molecule has 7 unspecified atom stereocenters. The fraction of sp³-hybridized carbons (Fsp3) is 0.857. The molecule has 0 spiro atoms. The highest BCUT2D eigenvalue weighted by atomic mass is 19.4. The second-order valence-electron chi connectivity index (χ2n) is 9.78.